The van der Waals surface area contributed by atoms with Crippen LogP contribution in [0.2, 0.25) is 4.34 Å². The van der Waals surface area contributed by atoms with Gasteiger partial charge in [-0.1, -0.05) is 22.9 Å². The molecule has 0 atom stereocenters. The Hall–Kier alpha value is 0.220. The van der Waals surface area contributed by atoms with Crippen LogP contribution in [0.25, 0.3) is 0 Å². The molecule has 1 aliphatic heterocycles. The van der Waals surface area contributed by atoms with E-state index in [2.05, 4.69) is 15.2 Å². The van der Waals surface area contributed by atoms with Gasteiger partial charge in [-0.2, -0.15) is 0 Å². The van der Waals surface area contributed by atoms with Crippen LogP contribution in [0, 0.1) is 0 Å². The van der Waals surface area contributed by atoms with Gasteiger partial charge in [0.2, 0.25) is 0 Å². The van der Waals surface area contributed by atoms with Crippen LogP contribution in [-0.2, 0) is 4.74 Å². The summed E-state index contributed by atoms with van der Waals surface area (Å²) in [6, 6.07) is 0. The molecular weight excluding hydrogens is 305 g/mol. The van der Waals surface area contributed by atoms with Gasteiger partial charge in [0.05, 0.1) is 19.4 Å². The number of anilines is 1. The molecule has 1 aliphatic rings. The van der Waals surface area contributed by atoms with Crippen molar-refractivity contribution in [1.82, 2.24) is 9.88 Å². The lowest BCUT2D eigenvalue weighted by Gasteiger charge is -2.26. The highest BCUT2D eigenvalue weighted by atomic mass is 35.5. The fourth-order valence-corrected chi connectivity index (χ4v) is 2.32. The van der Waals surface area contributed by atoms with Gasteiger partial charge in [-0.25, -0.2) is 4.98 Å². The molecule has 8 heteroatoms. The molecule has 2 rings (SSSR count). The summed E-state index contributed by atoms with van der Waals surface area (Å²) in [5.74, 6) is 0. The molecule has 0 aromatic carbocycles. The van der Waals surface area contributed by atoms with E-state index in [1.165, 1.54) is 11.3 Å². The number of halogens is 3. The van der Waals surface area contributed by atoms with Gasteiger partial charge in [0.15, 0.2) is 5.13 Å². The van der Waals surface area contributed by atoms with E-state index >= 15 is 0 Å². The molecule has 0 bridgehead atoms. The zero-order chi connectivity index (χ0) is 10.5. The first-order valence-electron chi connectivity index (χ1n) is 5.00. The maximum atomic E-state index is 5.78. The summed E-state index contributed by atoms with van der Waals surface area (Å²) in [5.41, 5.74) is 0. The number of ether oxygens (including phenoxy) is 1. The van der Waals surface area contributed by atoms with Crippen LogP contribution in [0.1, 0.15) is 0 Å². The Labute approximate surface area is 123 Å². The third-order valence-corrected chi connectivity index (χ3v) is 3.36. The predicted octanol–water partition coefficient (Wildman–Crippen LogP) is 2.38. The van der Waals surface area contributed by atoms with Crippen molar-refractivity contribution in [2.45, 2.75) is 0 Å². The van der Waals surface area contributed by atoms with Crippen LogP contribution >= 0.6 is 47.8 Å². The van der Waals surface area contributed by atoms with Crippen LogP contribution in [0.4, 0.5) is 5.13 Å². The molecule has 0 unspecified atom stereocenters. The van der Waals surface area contributed by atoms with Crippen molar-refractivity contribution in [3.8, 4) is 0 Å². The Morgan fingerprint density at radius 1 is 1.41 bits per heavy atom. The summed E-state index contributed by atoms with van der Waals surface area (Å²) >= 11 is 7.25. The molecule has 1 aromatic heterocycles. The zero-order valence-electron chi connectivity index (χ0n) is 9.23. The van der Waals surface area contributed by atoms with E-state index in [0.717, 1.165) is 48.9 Å². The Morgan fingerprint density at radius 2 is 2.12 bits per heavy atom. The van der Waals surface area contributed by atoms with Crippen LogP contribution < -0.4 is 5.32 Å². The zero-order valence-corrected chi connectivity index (χ0v) is 12.4. The number of hydrogen-bond acceptors (Lipinski definition) is 5. The second-order valence-corrected chi connectivity index (χ2v) is 5.01. The summed E-state index contributed by atoms with van der Waals surface area (Å²) in [4.78, 5) is 6.51. The summed E-state index contributed by atoms with van der Waals surface area (Å²) in [7, 11) is 0. The third kappa shape index (κ3) is 6.08. The topological polar surface area (TPSA) is 37.4 Å². The molecule has 2 heterocycles. The van der Waals surface area contributed by atoms with Crippen LogP contribution in [0.15, 0.2) is 6.20 Å². The Bertz CT molecular complexity index is 307. The molecule has 0 aliphatic carbocycles. The molecule has 17 heavy (non-hydrogen) atoms. The monoisotopic (exact) mass is 319 g/mol. The standard InChI is InChI=1S/C9H14ClN3OS.2ClH/c10-8-7-12-9(15-8)11-1-2-13-3-5-14-6-4-13;;/h7H,1-6H2,(H,11,12);2*1H. The molecular formula is C9H16Cl3N3OS. The van der Waals surface area contributed by atoms with E-state index < -0.39 is 0 Å². The SMILES string of the molecule is Cl.Cl.Clc1cnc(NCCN2CCOCC2)s1. The molecule has 1 N–H and O–H groups in total. The minimum atomic E-state index is 0. The average molecular weight is 321 g/mol. The van der Waals surface area contributed by atoms with E-state index in [-0.39, 0.29) is 24.8 Å². The van der Waals surface area contributed by atoms with Crippen molar-refractivity contribution in [3.05, 3.63) is 10.5 Å². The van der Waals surface area contributed by atoms with Gasteiger partial charge in [0, 0.05) is 26.2 Å². The van der Waals surface area contributed by atoms with Gasteiger partial charge in [-0.05, 0) is 0 Å². The first kappa shape index (κ1) is 17.2. The molecule has 0 saturated carbocycles. The van der Waals surface area contributed by atoms with E-state index in [1.807, 2.05) is 0 Å². The lowest BCUT2D eigenvalue weighted by molar-refractivity contribution is 0.0398. The highest BCUT2D eigenvalue weighted by molar-refractivity contribution is 7.19. The minimum Gasteiger partial charge on any atom is -0.379 e. The number of morpholine rings is 1. The molecule has 100 valence electrons. The van der Waals surface area contributed by atoms with E-state index in [1.54, 1.807) is 6.20 Å². The summed E-state index contributed by atoms with van der Waals surface area (Å²) in [6.07, 6.45) is 1.67. The average Bonchev–Trinajstić information content (AvgIpc) is 2.66. The van der Waals surface area contributed by atoms with Gasteiger partial charge < -0.3 is 10.1 Å². The van der Waals surface area contributed by atoms with Crippen molar-refractivity contribution >= 4 is 52.9 Å². The molecule has 0 amide bonds. The molecule has 1 aromatic rings. The third-order valence-electron chi connectivity index (χ3n) is 2.29. The number of rotatable bonds is 4. The first-order valence-corrected chi connectivity index (χ1v) is 6.19. The summed E-state index contributed by atoms with van der Waals surface area (Å²) in [6.45, 7) is 5.69. The van der Waals surface area contributed by atoms with Gasteiger partial charge in [0.25, 0.3) is 0 Å². The van der Waals surface area contributed by atoms with Gasteiger partial charge >= 0.3 is 0 Å². The van der Waals surface area contributed by atoms with Gasteiger partial charge in [0.1, 0.15) is 4.34 Å². The Balaban J connectivity index is 0.00000128. The van der Waals surface area contributed by atoms with E-state index in [4.69, 9.17) is 16.3 Å². The molecule has 0 radical (unpaired) electrons. The molecule has 1 fully saturated rings. The van der Waals surface area contributed by atoms with E-state index in [0.29, 0.717) is 0 Å². The smallest absolute Gasteiger partial charge is 0.184 e. The summed E-state index contributed by atoms with van der Waals surface area (Å²) in [5, 5.41) is 4.15. The fourth-order valence-electron chi connectivity index (χ4n) is 1.48. The first-order chi connectivity index (χ1) is 7.34. The second-order valence-electron chi connectivity index (χ2n) is 3.35. The fraction of sp³-hybridized carbons (Fsp3) is 0.667. The minimum absolute atomic E-state index is 0. The normalized spacial score (nSPS) is 15.8. The van der Waals surface area contributed by atoms with E-state index in [9.17, 15) is 0 Å². The van der Waals surface area contributed by atoms with Crippen LogP contribution in [0.5, 0.6) is 0 Å². The largest absolute Gasteiger partial charge is 0.379 e. The molecule has 0 spiro atoms. The highest BCUT2D eigenvalue weighted by Crippen LogP contribution is 2.22. The lowest BCUT2D eigenvalue weighted by Crippen LogP contribution is -2.38. The quantitative estimate of drug-likeness (QED) is 0.924. The number of aromatic nitrogens is 1. The molecule has 1 saturated heterocycles. The Morgan fingerprint density at radius 3 is 2.71 bits per heavy atom. The second kappa shape index (κ2) is 9.19. The van der Waals surface area contributed by atoms with Crippen molar-refractivity contribution in [2.75, 3.05) is 44.7 Å². The number of nitrogens with zero attached hydrogens (tertiary/aromatic N) is 2. The van der Waals surface area contributed by atoms with Gasteiger partial charge in [-0.3, -0.25) is 4.90 Å². The number of thiazole rings is 1. The maximum absolute atomic E-state index is 5.78. The van der Waals surface area contributed by atoms with Crippen molar-refractivity contribution in [1.29, 1.82) is 0 Å². The van der Waals surface area contributed by atoms with Crippen LogP contribution in [-0.4, -0.2) is 49.3 Å². The molecule has 4 nitrogen and oxygen atoms in total. The summed E-state index contributed by atoms with van der Waals surface area (Å²) < 4.78 is 6.00. The van der Waals surface area contributed by atoms with Crippen molar-refractivity contribution in [2.24, 2.45) is 0 Å². The maximum Gasteiger partial charge on any atom is 0.184 e. The van der Waals surface area contributed by atoms with Crippen LogP contribution in [0.3, 0.4) is 0 Å². The van der Waals surface area contributed by atoms with Gasteiger partial charge in [-0.15, -0.1) is 24.8 Å². The van der Waals surface area contributed by atoms with Crippen molar-refractivity contribution < 1.29 is 4.74 Å². The highest BCUT2D eigenvalue weighted by Gasteiger charge is 2.09. The van der Waals surface area contributed by atoms with Crippen molar-refractivity contribution in [3.63, 3.8) is 0 Å². The Kier molecular flexibility index (Phi) is 9.31. The lowest BCUT2D eigenvalue weighted by atomic mass is 10.4. The predicted molar refractivity (Wildman–Crippen MR) is 77.4 cm³/mol. The number of hydrogen-bond donors (Lipinski definition) is 1. The number of nitrogens with one attached hydrogen (secondary N) is 1.